The molecule has 0 spiro atoms. The molecule has 2 N–H and O–H groups in total. The van der Waals surface area contributed by atoms with E-state index in [9.17, 15) is 4.79 Å². The Morgan fingerprint density at radius 2 is 1.96 bits per heavy atom. The minimum Gasteiger partial charge on any atom is -0.465 e. The fraction of sp³-hybridized carbons (Fsp3) is 0.316. The van der Waals surface area contributed by atoms with Crippen LogP contribution in [0.4, 0.5) is 17.2 Å². The average molecular weight is 338 g/mol. The fourth-order valence-corrected chi connectivity index (χ4v) is 2.30. The molecule has 0 radical (unpaired) electrons. The van der Waals surface area contributed by atoms with E-state index in [1.54, 1.807) is 24.4 Å². The second-order valence-corrected chi connectivity index (χ2v) is 6.72. The Labute approximate surface area is 147 Å². The maximum atomic E-state index is 12.3. The second-order valence-electron chi connectivity index (χ2n) is 6.72. The van der Waals surface area contributed by atoms with Crippen molar-refractivity contribution in [2.45, 2.75) is 33.2 Å². The molecular formula is C19H22N4O2. The lowest BCUT2D eigenvalue weighted by molar-refractivity contribution is 0.0602. The summed E-state index contributed by atoms with van der Waals surface area (Å²) >= 11 is 0. The third kappa shape index (κ3) is 4.48. The van der Waals surface area contributed by atoms with Gasteiger partial charge in [0.25, 0.3) is 0 Å². The molecule has 0 unspecified atom stereocenters. The first-order valence-electron chi connectivity index (χ1n) is 7.88. The molecule has 2 aromatic rings. The van der Waals surface area contributed by atoms with Gasteiger partial charge in [0.05, 0.1) is 24.4 Å². The van der Waals surface area contributed by atoms with Crippen LogP contribution >= 0.6 is 0 Å². The van der Waals surface area contributed by atoms with E-state index in [-0.39, 0.29) is 5.54 Å². The van der Waals surface area contributed by atoms with Gasteiger partial charge in [0.15, 0.2) is 0 Å². The number of esters is 1. The Kier molecular flexibility index (Phi) is 5.28. The smallest absolute Gasteiger partial charge is 0.343 e. The van der Waals surface area contributed by atoms with Crippen molar-refractivity contribution in [1.29, 1.82) is 5.26 Å². The lowest BCUT2D eigenvalue weighted by Gasteiger charge is -2.24. The van der Waals surface area contributed by atoms with E-state index in [2.05, 4.69) is 21.7 Å². The van der Waals surface area contributed by atoms with Gasteiger partial charge in [-0.05, 0) is 51.5 Å². The van der Waals surface area contributed by atoms with Crippen LogP contribution in [0.5, 0.6) is 0 Å². The number of rotatable bonds is 4. The molecule has 0 aliphatic rings. The molecule has 6 heteroatoms. The zero-order valence-corrected chi connectivity index (χ0v) is 15.1. The summed E-state index contributed by atoms with van der Waals surface area (Å²) in [7, 11) is 1.33. The van der Waals surface area contributed by atoms with Crippen LogP contribution in [0.15, 0.2) is 30.5 Å². The molecule has 1 aromatic heterocycles. The van der Waals surface area contributed by atoms with E-state index in [0.717, 1.165) is 11.3 Å². The van der Waals surface area contributed by atoms with Crippen molar-refractivity contribution >= 4 is 23.2 Å². The first-order chi connectivity index (χ1) is 11.7. The van der Waals surface area contributed by atoms with Gasteiger partial charge in [0.2, 0.25) is 0 Å². The van der Waals surface area contributed by atoms with Crippen LogP contribution in [0.1, 0.15) is 42.3 Å². The van der Waals surface area contributed by atoms with Gasteiger partial charge in [-0.3, -0.25) is 0 Å². The summed E-state index contributed by atoms with van der Waals surface area (Å²) in [4.78, 5) is 16.6. The van der Waals surface area contributed by atoms with Crippen LogP contribution in [0.3, 0.4) is 0 Å². The minimum absolute atomic E-state index is 0.273. The second kappa shape index (κ2) is 7.22. The molecule has 0 saturated heterocycles. The van der Waals surface area contributed by atoms with Crippen LogP contribution in [0.25, 0.3) is 0 Å². The Bertz CT molecular complexity index is 832. The predicted octanol–water partition coefficient (Wildman–Crippen LogP) is 4.00. The zero-order valence-electron chi connectivity index (χ0n) is 15.1. The van der Waals surface area contributed by atoms with E-state index < -0.39 is 5.97 Å². The van der Waals surface area contributed by atoms with Crippen LogP contribution in [0.2, 0.25) is 0 Å². The maximum Gasteiger partial charge on any atom is 0.343 e. The first kappa shape index (κ1) is 18.3. The van der Waals surface area contributed by atoms with Crippen molar-refractivity contribution in [2.75, 3.05) is 17.7 Å². The number of nitrogens with one attached hydrogen (secondary N) is 2. The zero-order chi connectivity index (χ0) is 18.6. The van der Waals surface area contributed by atoms with Gasteiger partial charge in [0, 0.05) is 17.4 Å². The van der Waals surface area contributed by atoms with Gasteiger partial charge in [-0.2, -0.15) is 5.26 Å². The molecule has 0 aliphatic carbocycles. The maximum absolute atomic E-state index is 12.3. The average Bonchev–Trinajstić information content (AvgIpc) is 2.55. The number of methoxy groups -OCH3 is 1. The van der Waals surface area contributed by atoms with Gasteiger partial charge < -0.3 is 15.4 Å². The van der Waals surface area contributed by atoms with E-state index in [0.29, 0.717) is 22.6 Å². The molecule has 130 valence electrons. The van der Waals surface area contributed by atoms with Crippen LogP contribution in [-0.4, -0.2) is 23.6 Å². The molecule has 1 heterocycles. The summed E-state index contributed by atoms with van der Waals surface area (Å²) in [6.07, 6.45) is 1.62. The number of aromatic nitrogens is 1. The highest BCUT2D eigenvalue weighted by Gasteiger charge is 2.22. The van der Waals surface area contributed by atoms with E-state index in [1.165, 1.54) is 7.11 Å². The molecule has 0 atom stereocenters. The first-order valence-corrected chi connectivity index (χ1v) is 7.88. The Morgan fingerprint density at radius 3 is 2.56 bits per heavy atom. The minimum atomic E-state index is -0.489. The molecule has 6 nitrogen and oxygen atoms in total. The molecule has 25 heavy (non-hydrogen) atoms. The number of hydrogen-bond donors (Lipinski definition) is 2. The van der Waals surface area contributed by atoms with Crippen LogP contribution in [0, 0.1) is 18.3 Å². The summed E-state index contributed by atoms with van der Waals surface area (Å²) in [5, 5.41) is 15.5. The van der Waals surface area contributed by atoms with Gasteiger partial charge in [-0.1, -0.05) is 6.07 Å². The van der Waals surface area contributed by atoms with Gasteiger partial charge in [0.1, 0.15) is 11.4 Å². The highest BCUT2D eigenvalue weighted by Crippen LogP contribution is 2.29. The number of benzene rings is 1. The number of ether oxygens (including phenoxy) is 1. The van der Waals surface area contributed by atoms with Crippen molar-refractivity contribution in [2.24, 2.45) is 0 Å². The highest BCUT2D eigenvalue weighted by atomic mass is 16.5. The monoisotopic (exact) mass is 338 g/mol. The fourth-order valence-electron chi connectivity index (χ4n) is 2.30. The lowest BCUT2D eigenvalue weighted by atomic mass is 10.1. The largest absolute Gasteiger partial charge is 0.465 e. The summed E-state index contributed by atoms with van der Waals surface area (Å²) in [5.41, 5.74) is 2.85. The van der Waals surface area contributed by atoms with Crippen LogP contribution in [-0.2, 0) is 4.74 Å². The summed E-state index contributed by atoms with van der Waals surface area (Å²) in [6.45, 7) is 7.87. The third-order valence-corrected chi connectivity index (χ3v) is 3.47. The van der Waals surface area contributed by atoms with E-state index >= 15 is 0 Å². The van der Waals surface area contributed by atoms with E-state index in [1.807, 2.05) is 33.8 Å². The van der Waals surface area contributed by atoms with Crippen molar-refractivity contribution in [3.05, 3.63) is 47.2 Å². The molecule has 0 amide bonds. The number of nitrogens with zero attached hydrogens (tertiary/aromatic N) is 2. The molecule has 0 fully saturated rings. The number of hydrogen-bond acceptors (Lipinski definition) is 6. The topological polar surface area (TPSA) is 87.0 Å². The van der Waals surface area contributed by atoms with Gasteiger partial charge in [-0.15, -0.1) is 0 Å². The molecule has 2 rings (SSSR count). The third-order valence-electron chi connectivity index (χ3n) is 3.47. The van der Waals surface area contributed by atoms with Gasteiger partial charge >= 0.3 is 5.97 Å². The predicted molar refractivity (Wildman–Crippen MR) is 98.1 cm³/mol. The van der Waals surface area contributed by atoms with E-state index in [4.69, 9.17) is 10.00 Å². The van der Waals surface area contributed by atoms with Crippen molar-refractivity contribution in [1.82, 2.24) is 4.98 Å². The molecule has 0 saturated carbocycles. The summed E-state index contributed by atoms with van der Waals surface area (Å²) in [6, 6.07) is 9.17. The molecule has 0 bridgehead atoms. The van der Waals surface area contributed by atoms with Gasteiger partial charge in [-0.25, -0.2) is 9.78 Å². The Hall–Kier alpha value is -3.07. The van der Waals surface area contributed by atoms with Crippen molar-refractivity contribution < 1.29 is 9.53 Å². The lowest BCUT2D eigenvalue weighted by Crippen LogP contribution is -2.28. The summed E-state index contributed by atoms with van der Waals surface area (Å²) in [5.74, 6) is -0.0464. The Morgan fingerprint density at radius 1 is 1.24 bits per heavy atom. The standard InChI is InChI=1S/C19H22N4O2/c1-12-6-7-13(11-20)10-15(12)22-14-8-9-21-17(23-19(2,3)4)16(14)18(24)25-5/h6-10H,1-5H3,(H2,21,22,23). The van der Waals surface area contributed by atoms with Crippen LogP contribution < -0.4 is 10.6 Å². The number of nitriles is 1. The quantitative estimate of drug-likeness (QED) is 0.819. The number of anilines is 3. The normalized spacial score (nSPS) is 10.7. The highest BCUT2D eigenvalue weighted by molar-refractivity contribution is 6.01. The number of pyridine rings is 1. The Balaban J connectivity index is 2.52. The molecule has 1 aromatic carbocycles. The number of carbonyl (C=O) groups excluding carboxylic acids is 1. The van der Waals surface area contributed by atoms with Crippen molar-refractivity contribution in [3.63, 3.8) is 0 Å². The number of carbonyl (C=O) groups is 1. The molecule has 0 aliphatic heterocycles. The van der Waals surface area contributed by atoms with Crippen molar-refractivity contribution in [3.8, 4) is 6.07 Å². The summed E-state index contributed by atoms with van der Waals surface area (Å²) < 4.78 is 4.93. The SMILES string of the molecule is COC(=O)c1c(Nc2cc(C#N)ccc2C)ccnc1NC(C)(C)C. The molecular weight excluding hydrogens is 316 g/mol. The number of aryl methyl sites for hydroxylation is 1.